The van der Waals surface area contributed by atoms with Gasteiger partial charge in [-0.05, 0) is 56.7 Å². The van der Waals surface area contributed by atoms with E-state index in [1.165, 1.54) is 24.3 Å². The van der Waals surface area contributed by atoms with Crippen LogP contribution >= 0.6 is 11.6 Å². The molecule has 4 rings (SSSR count). The minimum Gasteiger partial charge on any atom is -0.490 e. The Morgan fingerprint density at radius 1 is 1.09 bits per heavy atom. The van der Waals surface area contributed by atoms with Gasteiger partial charge in [0.05, 0.1) is 30.3 Å². The van der Waals surface area contributed by atoms with Gasteiger partial charge in [-0.25, -0.2) is 17.2 Å². The molecule has 9 heteroatoms. The Balaban J connectivity index is 1.92. The predicted molar refractivity (Wildman–Crippen MR) is 120 cm³/mol. The van der Waals surface area contributed by atoms with Gasteiger partial charge in [0, 0.05) is 16.4 Å². The van der Waals surface area contributed by atoms with Crippen LogP contribution in [-0.2, 0) is 19.3 Å². The maximum absolute atomic E-state index is 15.2. The lowest BCUT2D eigenvalue weighted by atomic mass is 9.70. The van der Waals surface area contributed by atoms with Gasteiger partial charge in [-0.2, -0.15) is 0 Å². The molecule has 2 aromatic carbocycles. The molecule has 2 aliphatic heterocycles. The molecule has 33 heavy (non-hydrogen) atoms. The van der Waals surface area contributed by atoms with Crippen molar-refractivity contribution in [2.24, 2.45) is 11.3 Å². The van der Waals surface area contributed by atoms with Crippen molar-refractivity contribution < 1.29 is 31.4 Å². The molecule has 0 radical (unpaired) electrons. The maximum atomic E-state index is 15.2. The second-order valence-electron chi connectivity index (χ2n) is 8.94. The summed E-state index contributed by atoms with van der Waals surface area (Å²) >= 11 is 5.95. The number of halogens is 3. The number of rotatable bonds is 5. The summed E-state index contributed by atoms with van der Waals surface area (Å²) in [5.74, 6) is -3.74. The average Bonchev–Trinajstić information content (AvgIpc) is 2.77. The molecule has 2 atom stereocenters. The molecule has 0 amide bonds. The molecule has 0 aromatic heterocycles. The van der Waals surface area contributed by atoms with Crippen molar-refractivity contribution in [3.8, 4) is 5.75 Å². The third kappa shape index (κ3) is 4.30. The summed E-state index contributed by atoms with van der Waals surface area (Å²) in [5, 5.41) is -1.08. The molecule has 0 spiro atoms. The van der Waals surface area contributed by atoms with Gasteiger partial charge in [-0.3, -0.25) is 0 Å². The monoisotopic (exact) mass is 498 g/mol. The number of fused-ring (bicyclic) bond motifs is 1. The van der Waals surface area contributed by atoms with Crippen LogP contribution in [0, 0.1) is 23.0 Å². The van der Waals surface area contributed by atoms with Crippen LogP contribution < -0.4 is 4.74 Å². The van der Waals surface area contributed by atoms with E-state index in [4.69, 9.17) is 25.8 Å². The summed E-state index contributed by atoms with van der Waals surface area (Å²) in [6.45, 7) is 7.44. The van der Waals surface area contributed by atoms with Crippen molar-refractivity contribution in [2.75, 3.05) is 19.8 Å². The summed E-state index contributed by atoms with van der Waals surface area (Å²) in [6, 6.07) is 7.45. The number of benzene rings is 2. The Labute approximate surface area is 197 Å². The van der Waals surface area contributed by atoms with E-state index in [0.29, 0.717) is 11.4 Å². The third-order valence-electron chi connectivity index (χ3n) is 6.38. The summed E-state index contributed by atoms with van der Waals surface area (Å²) in [4.78, 5) is -0.0508. The summed E-state index contributed by atoms with van der Waals surface area (Å²) in [6.07, 6.45) is 1.98. The third-order valence-corrected chi connectivity index (χ3v) is 8.79. The van der Waals surface area contributed by atoms with Crippen molar-refractivity contribution in [3.05, 3.63) is 71.3 Å². The fourth-order valence-corrected chi connectivity index (χ4v) is 6.82. The van der Waals surface area contributed by atoms with Gasteiger partial charge in [0.25, 0.3) is 0 Å². The molecule has 2 unspecified atom stereocenters. The topological polar surface area (TPSA) is 61.8 Å². The predicted octanol–water partition coefficient (Wildman–Crippen LogP) is 5.49. The van der Waals surface area contributed by atoms with Crippen LogP contribution in [0.1, 0.15) is 31.1 Å². The highest BCUT2D eigenvalue weighted by atomic mass is 35.5. The largest absolute Gasteiger partial charge is 0.490 e. The molecule has 2 aromatic rings. The minimum absolute atomic E-state index is 0.0508. The summed E-state index contributed by atoms with van der Waals surface area (Å²) in [5.41, 5.74) is -1.22. The number of hydrogen-bond donors (Lipinski definition) is 0. The van der Waals surface area contributed by atoms with E-state index < -0.39 is 43.8 Å². The van der Waals surface area contributed by atoms with Crippen molar-refractivity contribution in [1.82, 2.24) is 0 Å². The first kappa shape index (κ1) is 24.1. The van der Waals surface area contributed by atoms with E-state index in [1.807, 2.05) is 0 Å². The average molecular weight is 499 g/mol. The Morgan fingerprint density at radius 3 is 2.30 bits per heavy atom. The molecule has 0 aliphatic carbocycles. The van der Waals surface area contributed by atoms with Gasteiger partial charge in [0.2, 0.25) is 0 Å². The molecule has 0 bridgehead atoms. The second kappa shape index (κ2) is 8.65. The van der Waals surface area contributed by atoms with Gasteiger partial charge in [0.15, 0.2) is 27.2 Å². The quantitative estimate of drug-likeness (QED) is 0.510. The van der Waals surface area contributed by atoms with E-state index in [9.17, 15) is 12.8 Å². The second-order valence-corrected chi connectivity index (χ2v) is 11.4. The van der Waals surface area contributed by atoms with Crippen LogP contribution in [0.25, 0.3) is 0 Å². The van der Waals surface area contributed by atoms with Crippen molar-refractivity contribution >= 4 is 21.4 Å². The highest BCUT2D eigenvalue weighted by Crippen LogP contribution is 2.54. The van der Waals surface area contributed by atoms with Gasteiger partial charge < -0.3 is 14.2 Å². The Kier molecular flexibility index (Phi) is 6.33. The number of ether oxygens (including phenoxy) is 3. The minimum atomic E-state index is -4.21. The molecule has 1 saturated heterocycles. The molecule has 0 saturated carbocycles. The highest BCUT2D eigenvalue weighted by Gasteiger charge is 2.55. The van der Waals surface area contributed by atoms with E-state index in [1.54, 1.807) is 19.9 Å². The number of sulfone groups is 1. The van der Waals surface area contributed by atoms with Crippen LogP contribution in [0.3, 0.4) is 0 Å². The molecular weight excluding hydrogens is 474 g/mol. The summed E-state index contributed by atoms with van der Waals surface area (Å²) in [7, 11) is -4.21. The SMILES string of the molecule is C=CCC1(C2COc3c(F)ccc(F)c3C2S(=O)(=O)c2ccc(Cl)cc2)COC(C)(C)OC1. The standard InChI is InChI=1S/C24H25ClF2O5S/c1-4-11-24(13-31-23(2,3)32-14-24)17-12-30-21-19(27)10-9-18(26)20(21)22(17)33(28,29)16-7-5-15(25)6-8-16/h4-10,17,22H,1,11-14H2,2-3H3. The van der Waals surface area contributed by atoms with E-state index >= 15 is 4.39 Å². The van der Waals surface area contributed by atoms with Gasteiger partial charge in [0.1, 0.15) is 11.1 Å². The van der Waals surface area contributed by atoms with E-state index in [0.717, 1.165) is 12.1 Å². The zero-order chi connectivity index (χ0) is 24.0. The van der Waals surface area contributed by atoms with E-state index in [-0.39, 0.29) is 36.0 Å². The van der Waals surface area contributed by atoms with Crippen molar-refractivity contribution in [3.63, 3.8) is 0 Å². The van der Waals surface area contributed by atoms with Crippen LogP contribution in [0.4, 0.5) is 8.78 Å². The molecule has 2 aliphatic rings. The Bertz CT molecular complexity index is 1150. The fourth-order valence-electron chi connectivity index (χ4n) is 4.55. The van der Waals surface area contributed by atoms with Crippen LogP contribution in [0.2, 0.25) is 5.02 Å². The number of allylic oxidation sites excluding steroid dienone is 1. The highest BCUT2D eigenvalue weighted by molar-refractivity contribution is 7.91. The molecule has 2 heterocycles. The Morgan fingerprint density at radius 2 is 1.70 bits per heavy atom. The molecule has 178 valence electrons. The molecule has 1 fully saturated rings. The molecule has 0 N–H and O–H groups in total. The zero-order valence-electron chi connectivity index (χ0n) is 18.3. The Hall–Kier alpha value is -2.00. The van der Waals surface area contributed by atoms with E-state index in [2.05, 4.69) is 6.58 Å². The molecule has 5 nitrogen and oxygen atoms in total. The summed E-state index contributed by atoms with van der Waals surface area (Å²) < 4.78 is 75.2. The van der Waals surface area contributed by atoms with Gasteiger partial charge in [-0.15, -0.1) is 6.58 Å². The first-order chi connectivity index (χ1) is 15.5. The van der Waals surface area contributed by atoms with Crippen molar-refractivity contribution in [1.29, 1.82) is 0 Å². The van der Waals surface area contributed by atoms with Crippen LogP contribution in [-0.4, -0.2) is 34.0 Å². The number of hydrogen-bond acceptors (Lipinski definition) is 5. The van der Waals surface area contributed by atoms with Crippen molar-refractivity contribution in [2.45, 2.75) is 36.2 Å². The van der Waals surface area contributed by atoms with Crippen LogP contribution in [0.15, 0.2) is 53.9 Å². The lowest BCUT2D eigenvalue weighted by Crippen LogP contribution is -2.54. The zero-order valence-corrected chi connectivity index (χ0v) is 19.9. The lowest BCUT2D eigenvalue weighted by Gasteiger charge is -2.50. The van der Waals surface area contributed by atoms with Gasteiger partial charge >= 0.3 is 0 Å². The van der Waals surface area contributed by atoms with Gasteiger partial charge in [-0.1, -0.05) is 17.7 Å². The smallest absolute Gasteiger partial charge is 0.186 e. The normalized spacial score (nSPS) is 23.9. The molecular formula is C24H25ClF2O5S. The maximum Gasteiger partial charge on any atom is 0.186 e. The fraction of sp³-hybridized carbons (Fsp3) is 0.417. The van der Waals surface area contributed by atoms with Crippen LogP contribution in [0.5, 0.6) is 5.75 Å². The lowest BCUT2D eigenvalue weighted by molar-refractivity contribution is -0.295. The first-order valence-electron chi connectivity index (χ1n) is 10.5. The first-order valence-corrected chi connectivity index (χ1v) is 12.4.